The smallest absolute Gasteiger partial charge is 0.316 e. The number of aryl methyl sites for hydroxylation is 1. The highest BCUT2D eigenvalue weighted by atomic mass is 19.1. The Balaban J connectivity index is 1.98. The summed E-state index contributed by atoms with van der Waals surface area (Å²) in [5.41, 5.74) is 7.69. The van der Waals surface area contributed by atoms with E-state index >= 15 is 0 Å². The molecule has 0 radical (unpaired) electrons. The number of aromatic nitrogens is 3. The van der Waals surface area contributed by atoms with Gasteiger partial charge in [-0.2, -0.15) is 0 Å². The average Bonchev–Trinajstić information content (AvgIpc) is 3.04. The predicted octanol–water partition coefficient (Wildman–Crippen LogP) is 3.20. The van der Waals surface area contributed by atoms with E-state index in [-0.39, 0.29) is 5.82 Å². The van der Waals surface area contributed by atoms with E-state index in [9.17, 15) is 9.18 Å². The zero-order valence-electron chi connectivity index (χ0n) is 16.0. The summed E-state index contributed by atoms with van der Waals surface area (Å²) < 4.78 is 20.8. The summed E-state index contributed by atoms with van der Waals surface area (Å²) >= 11 is 0. The van der Waals surface area contributed by atoms with Gasteiger partial charge in [0.25, 0.3) is 0 Å². The molecule has 8 nitrogen and oxygen atoms in total. The third-order valence-electron chi connectivity index (χ3n) is 4.39. The molecule has 0 atom stereocenters. The molecular weight excluding hydrogens is 363 g/mol. The molecule has 3 rings (SSSR count). The van der Waals surface area contributed by atoms with Crippen LogP contribution in [0, 0.1) is 12.7 Å². The van der Waals surface area contributed by atoms with Gasteiger partial charge in [0.05, 0.1) is 12.7 Å². The molecule has 2 aromatic carbocycles. The van der Waals surface area contributed by atoms with Crippen LogP contribution in [0.2, 0.25) is 0 Å². The van der Waals surface area contributed by atoms with E-state index in [4.69, 9.17) is 10.5 Å². The maximum atomic E-state index is 13.6. The minimum atomic E-state index is -0.660. The number of urea groups is 1. The van der Waals surface area contributed by atoms with Gasteiger partial charge in [0.15, 0.2) is 5.82 Å². The number of carbonyl (C=O) groups is 1. The first-order valence-electron chi connectivity index (χ1n) is 8.46. The van der Waals surface area contributed by atoms with Gasteiger partial charge in [-0.05, 0) is 42.8 Å². The third-order valence-corrected chi connectivity index (χ3v) is 4.39. The lowest BCUT2D eigenvalue weighted by Gasteiger charge is -2.19. The number of primary amides is 1. The lowest BCUT2D eigenvalue weighted by atomic mass is 10.1. The number of benzene rings is 2. The Morgan fingerprint density at radius 1 is 1.25 bits per heavy atom. The van der Waals surface area contributed by atoms with Crippen molar-refractivity contribution in [2.24, 2.45) is 12.8 Å². The number of rotatable bonds is 5. The van der Waals surface area contributed by atoms with Gasteiger partial charge in [0.1, 0.15) is 11.6 Å². The standard InChI is InChI=1S/C19H21FN6O2/c1-11-9-13(6-8-15(11)20)25(2)19-24-23-17(26(19)3)14-7-5-12(22-18(21)27)10-16(14)28-4/h5-10H,1-4H3,(H3,21,22,27). The average molecular weight is 384 g/mol. The fourth-order valence-corrected chi connectivity index (χ4v) is 2.90. The van der Waals surface area contributed by atoms with E-state index in [1.54, 1.807) is 41.8 Å². The monoisotopic (exact) mass is 384 g/mol. The van der Waals surface area contributed by atoms with Crippen LogP contribution in [0.5, 0.6) is 5.75 Å². The number of halogens is 1. The van der Waals surface area contributed by atoms with E-state index in [2.05, 4.69) is 15.5 Å². The first kappa shape index (κ1) is 19.2. The minimum absolute atomic E-state index is 0.259. The van der Waals surface area contributed by atoms with Crippen molar-refractivity contribution in [3.8, 4) is 17.1 Å². The van der Waals surface area contributed by atoms with Crippen LogP contribution in [0.1, 0.15) is 5.56 Å². The molecule has 0 aliphatic rings. The van der Waals surface area contributed by atoms with Crippen molar-refractivity contribution in [3.63, 3.8) is 0 Å². The van der Waals surface area contributed by atoms with Crippen LogP contribution in [-0.4, -0.2) is 35.0 Å². The van der Waals surface area contributed by atoms with Crippen LogP contribution < -0.4 is 20.7 Å². The lowest BCUT2D eigenvalue weighted by Crippen LogP contribution is -2.19. The molecule has 28 heavy (non-hydrogen) atoms. The normalized spacial score (nSPS) is 10.6. The van der Waals surface area contributed by atoms with Crippen molar-refractivity contribution in [1.82, 2.24) is 14.8 Å². The van der Waals surface area contributed by atoms with Gasteiger partial charge in [-0.3, -0.25) is 4.57 Å². The molecule has 146 valence electrons. The van der Waals surface area contributed by atoms with E-state index in [0.717, 1.165) is 5.69 Å². The molecule has 0 bridgehead atoms. The van der Waals surface area contributed by atoms with Crippen molar-refractivity contribution in [2.75, 3.05) is 24.4 Å². The topological polar surface area (TPSA) is 98.3 Å². The number of nitrogens with two attached hydrogens (primary N) is 1. The van der Waals surface area contributed by atoms with Gasteiger partial charge in [0, 0.05) is 31.5 Å². The SMILES string of the molecule is COc1cc(NC(N)=O)ccc1-c1nnc(N(C)c2ccc(F)c(C)c2)n1C. The molecule has 1 heterocycles. The second kappa shape index (κ2) is 7.55. The fourth-order valence-electron chi connectivity index (χ4n) is 2.90. The maximum Gasteiger partial charge on any atom is 0.316 e. The summed E-state index contributed by atoms with van der Waals surface area (Å²) in [7, 11) is 5.18. The summed E-state index contributed by atoms with van der Waals surface area (Å²) in [5, 5.41) is 11.0. The molecule has 3 N–H and O–H groups in total. The van der Waals surface area contributed by atoms with Crippen LogP contribution in [0.4, 0.5) is 26.5 Å². The molecule has 0 fully saturated rings. The van der Waals surface area contributed by atoms with Crippen LogP contribution in [0.25, 0.3) is 11.4 Å². The molecular formula is C19H21FN6O2. The number of amides is 2. The Labute approximate surface area is 161 Å². The molecule has 0 spiro atoms. The van der Waals surface area contributed by atoms with Crippen LogP contribution in [-0.2, 0) is 7.05 Å². The van der Waals surface area contributed by atoms with E-state index in [1.165, 1.54) is 13.2 Å². The summed E-state index contributed by atoms with van der Waals surface area (Å²) in [5.74, 6) is 1.39. The zero-order chi connectivity index (χ0) is 20.4. The zero-order valence-corrected chi connectivity index (χ0v) is 16.0. The molecule has 0 aliphatic heterocycles. The highest BCUT2D eigenvalue weighted by Gasteiger charge is 2.19. The summed E-state index contributed by atoms with van der Waals surface area (Å²) in [6.45, 7) is 1.71. The summed E-state index contributed by atoms with van der Waals surface area (Å²) in [4.78, 5) is 12.9. The predicted molar refractivity (Wildman–Crippen MR) is 105 cm³/mol. The molecule has 0 unspecified atom stereocenters. The van der Waals surface area contributed by atoms with Gasteiger partial charge in [0.2, 0.25) is 5.95 Å². The Morgan fingerprint density at radius 3 is 2.64 bits per heavy atom. The molecule has 1 aromatic heterocycles. The van der Waals surface area contributed by atoms with E-state index in [0.29, 0.717) is 34.3 Å². The van der Waals surface area contributed by atoms with Crippen molar-refractivity contribution in [3.05, 3.63) is 47.8 Å². The second-order valence-corrected chi connectivity index (χ2v) is 6.28. The molecule has 0 saturated carbocycles. The van der Waals surface area contributed by atoms with Crippen LogP contribution in [0.15, 0.2) is 36.4 Å². The van der Waals surface area contributed by atoms with E-state index < -0.39 is 6.03 Å². The molecule has 0 saturated heterocycles. The summed E-state index contributed by atoms with van der Waals surface area (Å²) in [6, 6.07) is 9.31. The molecule has 3 aromatic rings. The van der Waals surface area contributed by atoms with Gasteiger partial charge in [-0.1, -0.05) is 0 Å². The van der Waals surface area contributed by atoms with Crippen molar-refractivity contribution >= 4 is 23.4 Å². The van der Waals surface area contributed by atoms with Crippen LogP contribution in [0.3, 0.4) is 0 Å². The Morgan fingerprint density at radius 2 is 2.00 bits per heavy atom. The molecule has 0 aliphatic carbocycles. The van der Waals surface area contributed by atoms with Crippen LogP contribution >= 0.6 is 0 Å². The Bertz CT molecular complexity index is 1030. The number of nitrogens with one attached hydrogen (secondary N) is 1. The number of carbonyl (C=O) groups excluding carboxylic acids is 1. The third kappa shape index (κ3) is 3.59. The minimum Gasteiger partial charge on any atom is -0.496 e. The number of anilines is 3. The molecule has 9 heteroatoms. The second-order valence-electron chi connectivity index (χ2n) is 6.28. The van der Waals surface area contributed by atoms with Gasteiger partial charge in [-0.15, -0.1) is 10.2 Å². The van der Waals surface area contributed by atoms with Gasteiger partial charge in [-0.25, -0.2) is 9.18 Å². The number of ether oxygens (including phenoxy) is 1. The van der Waals surface area contributed by atoms with Gasteiger partial charge >= 0.3 is 6.03 Å². The number of hydrogen-bond donors (Lipinski definition) is 2. The first-order valence-corrected chi connectivity index (χ1v) is 8.46. The number of methoxy groups -OCH3 is 1. The van der Waals surface area contributed by atoms with Gasteiger partial charge < -0.3 is 20.7 Å². The number of nitrogens with zero attached hydrogens (tertiary/aromatic N) is 4. The Kier molecular flexibility index (Phi) is 5.16. The quantitative estimate of drug-likeness (QED) is 0.704. The lowest BCUT2D eigenvalue weighted by molar-refractivity contribution is 0.259. The Hall–Kier alpha value is -3.62. The highest BCUT2D eigenvalue weighted by molar-refractivity contribution is 5.88. The first-order chi connectivity index (χ1) is 13.3. The summed E-state index contributed by atoms with van der Waals surface area (Å²) in [6.07, 6.45) is 0. The largest absolute Gasteiger partial charge is 0.496 e. The van der Waals surface area contributed by atoms with Crippen molar-refractivity contribution in [2.45, 2.75) is 6.92 Å². The maximum absolute atomic E-state index is 13.6. The van der Waals surface area contributed by atoms with E-state index in [1.807, 2.05) is 19.0 Å². The van der Waals surface area contributed by atoms with Crippen molar-refractivity contribution in [1.29, 1.82) is 0 Å². The van der Waals surface area contributed by atoms with Crippen molar-refractivity contribution < 1.29 is 13.9 Å². The highest BCUT2D eigenvalue weighted by Crippen LogP contribution is 2.33. The number of hydrogen-bond acceptors (Lipinski definition) is 5. The molecule has 2 amide bonds. The fraction of sp³-hybridized carbons (Fsp3) is 0.211.